The Balaban J connectivity index is 2.01. The van der Waals surface area contributed by atoms with E-state index in [-0.39, 0.29) is 36.3 Å². The Bertz CT molecular complexity index is 274. The topological polar surface area (TPSA) is 72.8 Å². The van der Waals surface area contributed by atoms with E-state index in [4.69, 9.17) is 14.6 Å². The second-order valence-corrected chi connectivity index (χ2v) is 3.54. The average Bonchev–Trinajstić information content (AvgIpc) is 2.81. The monoisotopic (exact) mass is 200 g/mol. The van der Waals surface area contributed by atoms with Crippen LogP contribution in [0.4, 0.5) is 0 Å². The first-order chi connectivity index (χ1) is 6.70. The maximum Gasteiger partial charge on any atom is 0.310 e. The number of cyclic esters (lactones) is 1. The highest BCUT2D eigenvalue weighted by Gasteiger charge is 2.69. The normalized spacial score (nSPS) is 38.9. The maximum atomic E-state index is 11.3. The van der Waals surface area contributed by atoms with E-state index in [2.05, 4.69) is 0 Å². The van der Waals surface area contributed by atoms with E-state index in [9.17, 15) is 9.59 Å². The lowest BCUT2D eigenvalue weighted by Crippen LogP contribution is -2.24. The summed E-state index contributed by atoms with van der Waals surface area (Å²) in [6, 6.07) is 0. The number of hydrogen-bond acceptors (Lipinski definition) is 5. The maximum absolute atomic E-state index is 11.3. The van der Waals surface area contributed by atoms with Gasteiger partial charge in [0.2, 0.25) is 0 Å². The standard InChI is InChI=1S/C9H12O5/c1-2-13-8(11)6-5-4(3-10)14-9(12)7(5)6/h4-7,10H,2-3H2,1H3/t4-,5+,6+,7+/m1/s1. The van der Waals surface area contributed by atoms with Gasteiger partial charge in [0.1, 0.15) is 6.10 Å². The summed E-state index contributed by atoms with van der Waals surface area (Å²) in [5.74, 6) is -1.64. The molecule has 1 heterocycles. The van der Waals surface area contributed by atoms with Crippen LogP contribution in [0.3, 0.4) is 0 Å². The third-order valence-electron chi connectivity index (χ3n) is 2.78. The zero-order valence-corrected chi connectivity index (χ0v) is 7.80. The van der Waals surface area contributed by atoms with Gasteiger partial charge in [-0.1, -0.05) is 0 Å². The van der Waals surface area contributed by atoms with E-state index in [1.807, 2.05) is 0 Å². The SMILES string of the molecule is CCOC(=O)[C@@H]1[C@H]2C(=O)O[C@H](CO)[C@@H]12. The molecule has 1 saturated heterocycles. The van der Waals surface area contributed by atoms with Gasteiger partial charge in [-0.05, 0) is 6.92 Å². The fourth-order valence-corrected chi connectivity index (χ4v) is 2.11. The largest absolute Gasteiger partial charge is 0.466 e. The quantitative estimate of drug-likeness (QED) is 0.611. The van der Waals surface area contributed by atoms with Crippen molar-refractivity contribution in [1.82, 2.24) is 0 Å². The van der Waals surface area contributed by atoms with E-state index in [1.54, 1.807) is 6.92 Å². The average molecular weight is 200 g/mol. The molecule has 5 nitrogen and oxygen atoms in total. The van der Waals surface area contributed by atoms with Crippen LogP contribution in [0.1, 0.15) is 6.92 Å². The zero-order chi connectivity index (χ0) is 10.3. The minimum Gasteiger partial charge on any atom is -0.466 e. The molecule has 2 fully saturated rings. The number of rotatable bonds is 3. The van der Waals surface area contributed by atoms with Crippen molar-refractivity contribution in [2.75, 3.05) is 13.2 Å². The molecule has 0 aromatic rings. The van der Waals surface area contributed by atoms with E-state index < -0.39 is 6.10 Å². The Morgan fingerprint density at radius 2 is 2.36 bits per heavy atom. The molecule has 4 atom stereocenters. The minimum absolute atomic E-state index is 0.161. The number of esters is 2. The summed E-state index contributed by atoms with van der Waals surface area (Å²) in [4.78, 5) is 22.5. The fourth-order valence-electron chi connectivity index (χ4n) is 2.11. The predicted molar refractivity (Wildman–Crippen MR) is 44.1 cm³/mol. The number of aliphatic hydroxyl groups excluding tert-OH is 1. The summed E-state index contributed by atoms with van der Waals surface area (Å²) in [6.45, 7) is 1.81. The van der Waals surface area contributed by atoms with Crippen LogP contribution in [-0.4, -0.2) is 36.4 Å². The van der Waals surface area contributed by atoms with Crippen molar-refractivity contribution in [2.24, 2.45) is 17.8 Å². The summed E-state index contributed by atoms with van der Waals surface area (Å²) in [7, 11) is 0. The van der Waals surface area contributed by atoms with Crippen molar-refractivity contribution in [3.63, 3.8) is 0 Å². The molecule has 14 heavy (non-hydrogen) atoms. The molecule has 1 N–H and O–H groups in total. The molecule has 0 spiro atoms. The molecule has 1 saturated carbocycles. The Hall–Kier alpha value is -1.10. The first-order valence-electron chi connectivity index (χ1n) is 4.68. The van der Waals surface area contributed by atoms with Crippen LogP contribution in [0.2, 0.25) is 0 Å². The lowest BCUT2D eigenvalue weighted by molar-refractivity contribution is -0.155. The van der Waals surface area contributed by atoms with Crippen molar-refractivity contribution < 1.29 is 24.2 Å². The summed E-state index contributed by atoms with van der Waals surface area (Å²) in [5.41, 5.74) is 0. The summed E-state index contributed by atoms with van der Waals surface area (Å²) >= 11 is 0. The molecule has 0 amide bonds. The number of carbonyl (C=O) groups is 2. The van der Waals surface area contributed by atoms with E-state index in [0.29, 0.717) is 6.61 Å². The molecule has 0 radical (unpaired) electrons. The Labute approximate surface area is 81.0 Å². The predicted octanol–water partition coefficient (Wildman–Crippen LogP) is -0.671. The van der Waals surface area contributed by atoms with Gasteiger partial charge in [-0.25, -0.2) is 0 Å². The Kier molecular flexibility index (Phi) is 2.19. The fraction of sp³-hybridized carbons (Fsp3) is 0.778. The highest BCUT2D eigenvalue weighted by Crippen LogP contribution is 2.55. The highest BCUT2D eigenvalue weighted by molar-refractivity contribution is 5.90. The van der Waals surface area contributed by atoms with Gasteiger partial charge in [0.15, 0.2) is 0 Å². The number of aliphatic hydroxyl groups is 1. The second kappa shape index (κ2) is 3.24. The Morgan fingerprint density at radius 1 is 1.64 bits per heavy atom. The number of fused-ring (bicyclic) bond motifs is 1. The van der Waals surface area contributed by atoms with Crippen molar-refractivity contribution in [3.05, 3.63) is 0 Å². The number of ether oxygens (including phenoxy) is 2. The third-order valence-corrected chi connectivity index (χ3v) is 2.78. The van der Waals surface area contributed by atoms with Gasteiger partial charge < -0.3 is 14.6 Å². The van der Waals surface area contributed by atoms with Gasteiger partial charge in [-0.2, -0.15) is 0 Å². The first kappa shape index (κ1) is 9.45. The van der Waals surface area contributed by atoms with E-state index >= 15 is 0 Å². The Morgan fingerprint density at radius 3 is 2.93 bits per heavy atom. The van der Waals surface area contributed by atoms with Crippen LogP contribution in [-0.2, 0) is 19.1 Å². The first-order valence-corrected chi connectivity index (χ1v) is 4.68. The molecule has 0 bridgehead atoms. The van der Waals surface area contributed by atoms with Crippen LogP contribution in [0, 0.1) is 17.8 Å². The molecule has 1 aliphatic carbocycles. The lowest BCUT2D eigenvalue weighted by atomic mass is 10.2. The number of hydrogen-bond donors (Lipinski definition) is 1. The van der Waals surface area contributed by atoms with Gasteiger partial charge >= 0.3 is 11.9 Å². The number of carbonyl (C=O) groups excluding carboxylic acids is 2. The summed E-state index contributed by atoms with van der Waals surface area (Å²) in [6.07, 6.45) is -0.512. The van der Waals surface area contributed by atoms with Crippen LogP contribution in [0.15, 0.2) is 0 Å². The molecule has 5 heteroatoms. The molecule has 78 valence electrons. The minimum atomic E-state index is -0.512. The van der Waals surface area contributed by atoms with Crippen LogP contribution < -0.4 is 0 Å². The molecule has 1 aliphatic heterocycles. The zero-order valence-electron chi connectivity index (χ0n) is 7.80. The lowest BCUT2D eigenvalue weighted by Gasteiger charge is -2.11. The molecule has 0 unspecified atom stereocenters. The van der Waals surface area contributed by atoms with Crippen LogP contribution in [0.5, 0.6) is 0 Å². The molecular formula is C9H12O5. The van der Waals surface area contributed by atoms with Gasteiger partial charge in [0.25, 0.3) is 0 Å². The van der Waals surface area contributed by atoms with Crippen molar-refractivity contribution in [2.45, 2.75) is 13.0 Å². The van der Waals surface area contributed by atoms with E-state index in [1.165, 1.54) is 0 Å². The van der Waals surface area contributed by atoms with Gasteiger partial charge in [0, 0.05) is 5.92 Å². The van der Waals surface area contributed by atoms with Gasteiger partial charge in [0.05, 0.1) is 25.0 Å². The summed E-state index contributed by atoms with van der Waals surface area (Å²) in [5, 5.41) is 8.88. The highest BCUT2D eigenvalue weighted by atomic mass is 16.6. The van der Waals surface area contributed by atoms with E-state index in [0.717, 1.165) is 0 Å². The molecular weight excluding hydrogens is 188 g/mol. The molecule has 0 aromatic heterocycles. The third kappa shape index (κ3) is 1.19. The van der Waals surface area contributed by atoms with Crippen molar-refractivity contribution >= 4 is 11.9 Å². The van der Waals surface area contributed by atoms with Gasteiger partial charge in [-0.15, -0.1) is 0 Å². The van der Waals surface area contributed by atoms with Gasteiger partial charge in [-0.3, -0.25) is 9.59 Å². The molecule has 0 aromatic carbocycles. The second-order valence-electron chi connectivity index (χ2n) is 3.54. The summed E-state index contributed by atoms with van der Waals surface area (Å²) < 4.78 is 9.65. The van der Waals surface area contributed by atoms with Crippen LogP contribution in [0.25, 0.3) is 0 Å². The van der Waals surface area contributed by atoms with Crippen molar-refractivity contribution in [1.29, 1.82) is 0 Å². The van der Waals surface area contributed by atoms with Crippen molar-refractivity contribution in [3.8, 4) is 0 Å². The smallest absolute Gasteiger partial charge is 0.310 e. The molecule has 2 rings (SSSR count). The molecule has 2 aliphatic rings. The van der Waals surface area contributed by atoms with Crippen LogP contribution >= 0.6 is 0 Å².